The standard InChI is InChI=1S/C19H23N3O3S2/c1-25-16-8-6-14(7-9-16)20-17(23)12-26-10-15-11-27-19(21-15)22-18(24)13-4-2-3-5-13/h6-9,11,13H,2-5,10,12H2,1H3,(H,20,23)(H,21,22,24). The number of rotatable bonds is 8. The fraction of sp³-hybridized carbons (Fsp3) is 0.421. The van der Waals surface area contributed by atoms with Crippen LogP contribution in [0.15, 0.2) is 29.6 Å². The second-order valence-electron chi connectivity index (χ2n) is 6.38. The topological polar surface area (TPSA) is 80.3 Å². The number of hydrogen-bond donors (Lipinski definition) is 2. The van der Waals surface area contributed by atoms with Crippen molar-refractivity contribution in [2.45, 2.75) is 31.4 Å². The number of carbonyl (C=O) groups is 2. The van der Waals surface area contributed by atoms with Gasteiger partial charge in [0.1, 0.15) is 5.75 Å². The van der Waals surface area contributed by atoms with Gasteiger partial charge in [-0.2, -0.15) is 0 Å². The molecule has 0 radical (unpaired) electrons. The van der Waals surface area contributed by atoms with E-state index in [2.05, 4.69) is 15.6 Å². The number of ether oxygens (including phenoxy) is 1. The lowest BCUT2D eigenvalue weighted by atomic mass is 10.1. The van der Waals surface area contributed by atoms with Crippen LogP contribution in [0.1, 0.15) is 31.4 Å². The maximum Gasteiger partial charge on any atom is 0.234 e. The molecule has 2 aromatic rings. The van der Waals surface area contributed by atoms with E-state index >= 15 is 0 Å². The summed E-state index contributed by atoms with van der Waals surface area (Å²) >= 11 is 2.93. The fourth-order valence-corrected chi connectivity index (χ4v) is 4.48. The summed E-state index contributed by atoms with van der Waals surface area (Å²) in [7, 11) is 1.61. The monoisotopic (exact) mass is 405 g/mol. The largest absolute Gasteiger partial charge is 0.497 e. The third-order valence-corrected chi connectivity index (χ3v) is 6.14. The summed E-state index contributed by atoms with van der Waals surface area (Å²) < 4.78 is 5.09. The number of aromatic nitrogens is 1. The number of methoxy groups -OCH3 is 1. The van der Waals surface area contributed by atoms with Crippen molar-refractivity contribution in [1.29, 1.82) is 0 Å². The van der Waals surface area contributed by atoms with Crippen LogP contribution >= 0.6 is 23.1 Å². The zero-order valence-electron chi connectivity index (χ0n) is 15.2. The van der Waals surface area contributed by atoms with Gasteiger partial charge in [0.15, 0.2) is 5.13 Å². The molecule has 1 saturated carbocycles. The van der Waals surface area contributed by atoms with E-state index in [0.717, 1.165) is 42.8 Å². The van der Waals surface area contributed by atoms with E-state index < -0.39 is 0 Å². The molecule has 1 heterocycles. The summed E-state index contributed by atoms with van der Waals surface area (Å²) in [5, 5.41) is 8.34. The number of thiazole rings is 1. The Morgan fingerprint density at radius 3 is 2.67 bits per heavy atom. The van der Waals surface area contributed by atoms with E-state index in [1.54, 1.807) is 31.4 Å². The summed E-state index contributed by atoms with van der Waals surface area (Å²) in [6.45, 7) is 0. The highest BCUT2D eigenvalue weighted by molar-refractivity contribution is 7.99. The highest BCUT2D eigenvalue weighted by Crippen LogP contribution is 2.27. The Morgan fingerprint density at radius 2 is 1.96 bits per heavy atom. The summed E-state index contributed by atoms with van der Waals surface area (Å²) in [4.78, 5) is 28.6. The second-order valence-corrected chi connectivity index (χ2v) is 8.23. The average molecular weight is 406 g/mol. The van der Waals surface area contributed by atoms with Crippen LogP contribution in [0.3, 0.4) is 0 Å². The van der Waals surface area contributed by atoms with Crippen molar-refractivity contribution < 1.29 is 14.3 Å². The highest BCUT2D eigenvalue weighted by Gasteiger charge is 2.23. The maximum absolute atomic E-state index is 12.1. The molecule has 1 fully saturated rings. The first kappa shape index (κ1) is 19.7. The number of thioether (sulfide) groups is 1. The molecule has 2 amide bonds. The van der Waals surface area contributed by atoms with E-state index in [-0.39, 0.29) is 17.7 Å². The van der Waals surface area contributed by atoms with Crippen LogP contribution in [0.25, 0.3) is 0 Å². The van der Waals surface area contributed by atoms with Crippen molar-refractivity contribution in [2.24, 2.45) is 5.92 Å². The second kappa shape index (κ2) is 9.75. The maximum atomic E-state index is 12.1. The Bertz CT molecular complexity index is 771. The van der Waals surface area contributed by atoms with Crippen molar-refractivity contribution in [2.75, 3.05) is 23.5 Å². The quantitative estimate of drug-likeness (QED) is 0.689. The van der Waals surface area contributed by atoms with Gasteiger partial charge < -0.3 is 15.4 Å². The molecule has 1 aromatic heterocycles. The third kappa shape index (κ3) is 5.97. The summed E-state index contributed by atoms with van der Waals surface area (Å²) in [6, 6.07) is 7.22. The summed E-state index contributed by atoms with van der Waals surface area (Å²) in [5.74, 6) is 1.88. The fourth-order valence-electron chi connectivity index (χ4n) is 2.95. The predicted molar refractivity (Wildman–Crippen MR) is 110 cm³/mol. The van der Waals surface area contributed by atoms with Crippen LogP contribution < -0.4 is 15.4 Å². The number of amides is 2. The van der Waals surface area contributed by atoms with Gasteiger partial charge in [-0.1, -0.05) is 12.8 Å². The molecule has 1 aromatic carbocycles. The minimum atomic E-state index is -0.0600. The molecule has 0 bridgehead atoms. The molecule has 0 atom stereocenters. The first-order chi connectivity index (χ1) is 13.1. The van der Waals surface area contributed by atoms with Gasteiger partial charge in [0, 0.05) is 22.7 Å². The van der Waals surface area contributed by atoms with E-state index in [0.29, 0.717) is 16.6 Å². The molecular formula is C19H23N3O3S2. The van der Waals surface area contributed by atoms with Crippen LogP contribution in [0.4, 0.5) is 10.8 Å². The normalized spacial score (nSPS) is 14.1. The van der Waals surface area contributed by atoms with Crippen molar-refractivity contribution in [3.8, 4) is 5.75 Å². The smallest absolute Gasteiger partial charge is 0.234 e. The first-order valence-corrected chi connectivity index (χ1v) is 10.9. The molecule has 1 aliphatic carbocycles. The Labute approximate surface area is 167 Å². The molecule has 27 heavy (non-hydrogen) atoms. The molecule has 0 unspecified atom stereocenters. The molecule has 0 spiro atoms. The number of anilines is 2. The van der Waals surface area contributed by atoms with Gasteiger partial charge in [0.25, 0.3) is 0 Å². The summed E-state index contributed by atoms with van der Waals surface area (Å²) in [6.07, 6.45) is 4.22. The Hall–Kier alpha value is -2.06. The van der Waals surface area contributed by atoms with Crippen LogP contribution in [0.5, 0.6) is 5.75 Å². The number of nitrogens with zero attached hydrogens (tertiary/aromatic N) is 1. The van der Waals surface area contributed by atoms with E-state index in [1.807, 2.05) is 5.38 Å². The lowest BCUT2D eigenvalue weighted by molar-refractivity contribution is -0.119. The number of hydrogen-bond acceptors (Lipinski definition) is 6. The van der Waals surface area contributed by atoms with Gasteiger partial charge >= 0.3 is 0 Å². The molecule has 6 nitrogen and oxygen atoms in total. The molecule has 2 N–H and O–H groups in total. The molecule has 0 aliphatic heterocycles. The Balaban J connectivity index is 1.39. The van der Waals surface area contributed by atoms with Gasteiger partial charge in [0.2, 0.25) is 11.8 Å². The molecule has 1 aliphatic rings. The number of carbonyl (C=O) groups excluding carboxylic acids is 2. The molecule has 0 saturated heterocycles. The highest BCUT2D eigenvalue weighted by atomic mass is 32.2. The van der Waals surface area contributed by atoms with Crippen LogP contribution in [0, 0.1) is 5.92 Å². The van der Waals surface area contributed by atoms with Crippen LogP contribution in [0.2, 0.25) is 0 Å². The van der Waals surface area contributed by atoms with Crippen LogP contribution in [-0.2, 0) is 15.3 Å². The zero-order valence-corrected chi connectivity index (χ0v) is 16.8. The van der Waals surface area contributed by atoms with Gasteiger partial charge in [0.05, 0.1) is 18.6 Å². The average Bonchev–Trinajstić information content (AvgIpc) is 3.34. The van der Waals surface area contributed by atoms with Gasteiger partial charge in [-0.15, -0.1) is 23.1 Å². The lowest BCUT2D eigenvalue weighted by Gasteiger charge is -2.07. The lowest BCUT2D eigenvalue weighted by Crippen LogP contribution is -2.20. The Morgan fingerprint density at radius 1 is 1.22 bits per heavy atom. The van der Waals surface area contributed by atoms with E-state index in [1.165, 1.54) is 23.1 Å². The van der Waals surface area contributed by atoms with E-state index in [9.17, 15) is 9.59 Å². The van der Waals surface area contributed by atoms with Gasteiger partial charge in [-0.05, 0) is 37.1 Å². The SMILES string of the molecule is COc1ccc(NC(=O)CSCc2csc(NC(=O)C3CCCC3)n2)cc1. The molecule has 144 valence electrons. The van der Waals surface area contributed by atoms with Gasteiger partial charge in [-0.3, -0.25) is 9.59 Å². The summed E-state index contributed by atoms with van der Waals surface area (Å²) in [5.41, 5.74) is 1.62. The Kier molecular flexibility index (Phi) is 7.11. The van der Waals surface area contributed by atoms with Crippen molar-refractivity contribution in [1.82, 2.24) is 4.98 Å². The number of benzene rings is 1. The molecule has 8 heteroatoms. The van der Waals surface area contributed by atoms with Crippen molar-refractivity contribution >= 4 is 45.7 Å². The molecular weight excluding hydrogens is 382 g/mol. The van der Waals surface area contributed by atoms with E-state index in [4.69, 9.17) is 4.74 Å². The van der Waals surface area contributed by atoms with Crippen molar-refractivity contribution in [3.05, 3.63) is 35.3 Å². The predicted octanol–water partition coefficient (Wildman–Crippen LogP) is 4.15. The zero-order chi connectivity index (χ0) is 19.1. The number of nitrogens with one attached hydrogen (secondary N) is 2. The first-order valence-electron chi connectivity index (χ1n) is 8.91. The minimum Gasteiger partial charge on any atom is -0.497 e. The molecule has 3 rings (SSSR count). The van der Waals surface area contributed by atoms with Gasteiger partial charge in [-0.25, -0.2) is 4.98 Å². The third-order valence-electron chi connectivity index (χ3n) is 4.36. The minimum absolute atomic E-state index is 0.0600. The van der Waals surface area contributed by atoms with Crippen molar-refractivity contribution in [3.63, 3.8) is 0 Å². The van der Waals surface area contributed by atoms with Crippen LogP contribution in [-0.4, -0.2) is 29.7 Å².